The summed E-state index contributed by atoms with van der Waals surface area (Å²) in [5.74, 6) is -0.755. The van der Waals surface area contributed by atoms with Gasteiger partial charge in [0.1, 0.15) is 28.5 Å². The average molecular weight is 460 g/mol. The van der Waals surface area contributed by atoms with Gasteiger partial charge in [-0.2, -0.15) is 0 Å². The van der Waals surface area contributed by atoms with Gasteiger partial charge in [0.2, 0.25) is 0 Å². The molecule has 1 aromatic heterocycles. The summed E-state index contributed by atoms with van der Waals surface area (Å²) >= 11 is 1.11. The second-order valence-corrected chi connectivity index (χ2v) is 8.96. The lowest BCUT2D eigenvalue weighted by molar-refractivity contribution is 0.105. The maximum Gasteiger partial charge on any atom is 0.191 e. The van der Waals surface area contributed by atoms with E-state index in [0.717, 1.165) is 37.3 Å². The van der Waals surface area contributed by atoms with E-state index in [1.165, 1.54) is 12.1 Å². The van der Waals surface area contributed by atoms with Gasteiger partial charge in [0.05, 0.1) is 12.7 Å². The fourth-order valence-electron chi connectivity index (χ4n) is 2.48. The standard InChI is InChI=1S/C18H23F2N5O3S2/c19-14-4-1-3-12(17(14)20)10-29-18-23-15(21-8-13(27)9-26)7-16(24-18)22-11-30(28)25-5-2-6-25/h1,3-4,7,13,26-27H,2,5-6,8-11H2,(H2,21,22,23,24)/t13-,30?/m1/s1. The molecule has 0 bridgehead atoms. The van der Waals surface area contributed by atoms with Crippen molar-refractivity contribution >= 4 is 34.4 Å². The number of thioether (sulfide) groups is 1. The van der Waals surface area contributed by atoms with Gasteiger partial charge in [0, 0.05) is 37.0 Å². The van der Waals surface area contributed by atoms with Gasteiger partial charge in [-0.1, -0.05) is 23.9 Å². The number of nitrogens with zero attached hydrogens (tertiary/aromatic N) is 3. The van der Waals surface area contributed by atoms with E-state index >= 15 is 0 Å². The predicted molar refractivity (Wildman–Crippen MR) is 112 cm³/mol. The molecule has 1 aliphatic rings. The van der Waals surface area contributed by atoms with Crippen molar-refractivity contribution in [2.24, 2.45) is 0 Å². The number of hydrogen-bond acceptors (Lipinski definition) is 8. The van der Waals surface area contributed by atoms with Gasteiger partial charge >= 0.3 is 0 Å². The topological polar surface area (TPSA) is 111 Å². The van der Waals surface area contributed by atoms with Crippen LogP contribution in [0.2, 0.25) is 0 Å². The fraction of sp³-hybridized carbons (Fsp3) is 0.444. The third kappa shape index (κ3) is 6.32. The molecular weight excluding hydrogens is 436 g/mol. The maximum absolute atomic E-state index is 13.9. The summed E-state index contributed by atoms with van der Waals surface area (Å²) in [5.41, 5.74) is 0.186. The molecule has 2 heterocycles. The van der Waals surface area contributed by atoms with Crippen molar-refractivity contribution in [3.8, 4) is 0 Å². The lowest BCUT2D eigenvalue weighted by atomic mass is 10.2. The van der Waals surface area contributed by atoms with Gasteiger partial charge in [0.15, 0.2) is 16.8 Å². The summed E-state index contributed by atoms with van der Waals surface area (Å²) < 4.78 is 41.3. The molecule has 4 N–H and O–H groups in total. The van der Waals surface area contributed by atoms with E-state index in [1.807, 2.05) is 4.31 Å². The van der Waals surface area contributed by atoms with E-state index in [1.54, 1.807) is 6.07 Å². The number of rotatable bonds is 11. The molecular formula is C18H23F2N5O3S2. The smallest absolute Gasteiger partial charge is 0.191 e. The molecule has 0 aliphatic carbocycles. The molecule has 1 fully saturated rings. The molecule has 0 radical (unpaired) electrons. The number of hydrogen-bond donors (Lipinski definition) is 4. The zero-order valence-electron chi connectivity index (χ0n) is 16.1. The Morgan fingerprint density at radius 3 is 2.63 bits per heavy atom. The first-order valence-electron chi connectivity index (χ1n) is 9.31. The van der Waals surface area contributed by atoms with E-state index in [2.05, 4.69) is 20.6 Å². The maximum atomic E-state index is 13.9. The summed E-state index contributed by atoms with van der Waals surface area (Å²) in [6.07, 6.45) is 0.0607. The van der Waals surface area contributed by atoms with Crippen LogP contribution in [0.5, 0.6) is 0 Å². The van der Waals surface area contributed by atoms with Crippen LogP contribution in [-0.2, 0) is 16.7 Å². The van der Waals surface area contributed by atoms with Gasteiger partial charge in [0.25, 0.3) is 0 Å². The van der Waals surface area contributed by atoms with Crippen LogP contribution in [0.3, 0.4) is 0 Å². The van der Waals surface area contributed by atoms with Crippen molar-refractivity contribution < 1.29 is 23.2 Å². The van der Waals surface area contributed by atoms with Crippen molar-refractivity contribution in [2.45, 2.75) is 23.4 Å². The summed E-state index contributed by atoms with van der Waals surface area (Å²) in [4.78, 5) is 8.64. The number of benzene rings is 1. The quantitative estimate of drug-likeness (QED) is 0.296. The molecule has 2 atom stereocenters. The molecule has 2 aromatic rings. The van der Waals surface area contributed by atoms with E-state index in [-0.39, 0.29) is 23.7 Å². The van der Waals surface area contributed by atoms with Crippen LogP contribution in [0.15, 0.2) is 29.4 Å². The minimum Gasteiger partial charge on any atom is -0.394 e. The van der Waals surface area contributed by atoms with Crippen LogP contribution in [0.25, 0.3) is 0 Å². The minimum atomic E-state index is -1.17. The monoisotopic (exact) mass is 459 g/mol. The normalized spacial score (nSPS) is 16.0. The van der Waals surface area contributed by atoms with Crippen LogP contribution in [0, 0.1) is 11.6 Å². The Labute approximate surface area is 179 Å². The molecule has 1 aromatic carbocycles. The minimum absolute atomic E-state index is 0.0648. The lowest BCUT2D eigenvalue weighted by Crippen LogP contribution is -2.40. The number of aliphatic hydroxyl groups excluding tert-OH is 2. The molecule has 164 valence electrons. The highest BCUT2D eigenvalue weighted by Crippen LogP contribution is 2.25. The highest BCUT2D eigenvalue weighted by Gasteiger charge is 2.20. The van der Waals surface area contributed by atoms with Crippen molar-refractivity contribution in [1.29, 1.82) is 0 Å². The Balaban J connectivity index is 1.70. The first-order valence-corrected chi connectivity index (χ1v) is 11.6. The molecule has 30 heavy (non-hydrogen) atoms. The Bertz CT molecular complexity index is 889. The molecule has 0 amide bonds. The Morgan fingerprint density at radius 2 is 1.97 bits per heavy atom. The molecule has 1 saturated heterocycles. The third-order valence-corrected chi connectivity index (χ3v) is 6.53. The first kappa shape index (κ1) is 22.8. The highest BCUT2D eigenvalue weighted by atomic mass is 32.2. The van der Waals surface area contributed by atoms with Crippen LogP contribution < -0.4 is 10.6 Å². The fourth-order valence-corrected chi connectivity index (χ4v) is 4.43. The number of halogens is 2. The number of aliphatic hydroxyl groups is 2. The second kappa shape index (κ2) is 11.0. The number of nitrogens with one attached hydrogen (secondary N) is 2. The summed E-state index contributed by atoms with van der Waals surface area (Å²) in [5, 5.41) is 24.7. The van der Waals surface area contributed by atoms with Crippen LogP contribution >= 0.6 is 11.8 Å². The molecule has 1 aliphatic heterocycles. The second-order valence-electron chi connectivity index (χ2n) is 6.57. The Kier molecular flexibility index (Phi) is 8.33. The summed E-state index contributed by atoms with van der Waals surface area (Å²) in [7, 11) is -1.17. The highest BCUT2D eigenvalue weighted by molar-refractivity contribution is 7.98. The van der Waals surface area contributed by atoms with E-state index in [4.69, 9.17) is 5.11 Å². The van der Waals surface area contributed by atoms with Crippen molar-refractivity contribution in [3.63, 3.8) is 0 Å². The SMILES string of the molecule is O=S(CNc1cc(NC[C@@H](O)CO)nc(SCc2cccc(F)c2F)n1)N1CCC1. The predicted octanol–water partition coefficient (Wildman–Crippen LogP) is 1.55. The molecule has 0 spiro atoms. The largest absolute Gasteiger partial charge is 0.394 e. The molecule has 12 heteroatoms. The van der Waals surface area contributed by atoms with Crippen LogP contribution in [0.1, 0.15) is 12.0 Å². The van der Waals surface area contributed by atoms with Gasteiger partial charge in [-0.3, -0.25) is 0 Å². The van der Waals surface area contributed by atoms with Gasteiger partial charge in [-0.25, -0.2) is 27.3 Å². The third-order valence-electron chi connectivity index (χ3n) is 4.30. The summed E-state index contributed by atoms with van der Waals surface area (Å²) in [6, 6.07) is 5.56. The van der Waals surface area contributed by atoms with E-state index < -0.39 is 35.3 Å². The van der Waals surface area contributed by atoms with E-state index in [0.29, 0.717) is 16.8 Å². The molecule has 1 unspecified atom stereocenters. The first-order chi connectivity index (χ1) is 14.5. The number of aromatic nitrogens is 2. The summed E-state index contributed by atoms with van der Waals surface area (Å²) in [6.45, 7) is 1.25. The molecule has 3 rings (SSSR count). The average Bonchev–Trinajstić information content (AvgIpc) is 2.70. The number of anilines is 2. The zero-order chi connectivity index (χ0) is 21.5. The van der Waals surface area contributed by atoms with Crippen LogP contribution in [0.4, 0.5) is 20.4 Å². The van der Waals surface area contributed by atoms with Crippen molar-refractivity contribution in [2.75, 3.05) is 42.8 Å². The molecule has 8 nitrogen and oxygen atoms in total. The zero-order valence-corrected chi connectivity index (χ0v) is 17.7. The van der Waals surface area contributed by atoms with Crippen molar-refractivity contribution in [3.05, 3.63) is 41.5 Å². The Hall–Kier alpha value is -1.86. The van der Waals surface area contributed by atoms with Gasteiger partial charge < -0.3 is 20.8 Å². The van der Waals surface area contributed by atoms with E-state index in [9.17, 15) is 18.1 Å². The lowest BCUT2D eigenvalue weighted by Gasteiger charge is -2.29. The van der Waals surface area contributed by atoms with Crippen molar-refractivity contribution in [1.82, 2.24) is 14.3 Å². The van der Waals surface area contributed by atoms with Gasteiger partial charge in [-0.15, -0.1) is 0 Å². The molecule has 0 saturated carbocycles. The Morgan fingerprint density at radius 1 is 1.23 bits per heavy atom. The van der Waals surface area contributed by atoms with Crippen LogP contribution in [-0.4, -0.2) is 66.9 Å². The van der Waals surface area contributed by atoms with Gasteiger partial charge in [-0.05, 0) is 12.5 Å².